The van der Waals surface area contributed by atoms with Gasteiger partial charge in [0.05, 0.1) is 0 Å². The molecule has 10 nitrogen and oxygen atoms in total. The normalized spacial score (nSPS) is 23.2. The molecule has 0 amide bonds. The first-order valence-corrected chi connectivity index (χ1v) is 26.1. The van der Waals surface area contributed by atoms with Crippen LogP contribution >= 0.6 is 0 Å². The van der Waals surface area contributed by atoms with Gasteiger partial charge in [-0.1, -0.05) is 0 Å². The van der Waals surface area contributed by atoms with Gasteiger partial charge in [0.15, 0.2) is 0 Å². The van der Waals surface area contributed by atoms with Gasteiger partial charge in [-0.2, -0.15) is 0 Å². The van der Waals surface area contributed by atoms with E-state index in [1.54, 1.807) is 0 Å². The fourth-order valence-electron chi connectivity index (χ4n) is 10.4. The molecule has 6 bridgehead atoms. The Balaban J connectivity index is 1.22. The Morgan fingerprint density at radius 1 is 0.632 bits per heavy atom. The number of aromatic nitrogens is 1. The van der Waals surface area contributed by atoms with E-state index in [-0.39, 0.29) is 6.17 Å². The third-order valence-electron chi connectivity index (χ3n) is 13.3. The summed E-state index contributed by atoms with van der Waals surface area (Å²) < 4.78 is 20.8. The quantitative estimate of drug-likeness (QED) is 0.195. The van der Waals surface area contributed by atoms with Crippen molar-refractivity contribution in [3.8, 4) is 0 Å². The second-order valence-corrected chi connectivity index (χ2v) is 24.2. The number of rotatable bonds is 6. The van der Waals surface area contributed by atoms with Crippen molar-refractivity contribution in [1.29, 1.82) is 0 Å². The van der Waals surface area contributed by atoms with Crippen molar-refractivity contribution in [2.45, 2.75) is 83.2 Å². The predicted octanol–water partition coefficient (Wildman–Crippen LogP) is 9.42. The van der Waals surface area contributed by atoms with Crippen molar-refractivity contribution in [3.63, 3.8) is 0 Å². The van der Waals surface area contributed by atoms with Crippen LogP contribution in [0.1, 0.15) is 105 Å². The van der Waals surface area contributed by atoms with E-state index in [2.05, 4.69) is 96.2 Å². The van der Waals surface area contributed by atoms with E-state index in [4.69, 9.17) is 31.1 Å². The molecule has 6 heterocycles. The minimum absolute atomic E-state index is 0.385. The molecule has 1 atom stereocenters. The monoisotopic (exact) mass is 862 g/mol. The number of aliphatic imine (C=N–C) groups is 5. The van der Waals surface area contributed by atoms with Gasteiger partial charge in [-0.15, -0.1) is 0 Å². The Morgan fingerprint density at radius 2 is 1.26 bits per heavy atom. The molecule has 8 aliphatic rings. The molecule has 2 fully saturated rings. The number of allylic oxidation sites excluding steroid dienone is 1. The summed E-state index contributed by atoms with van der Waals surface area (Å²) in [6, 6.07) is 25.8. The number of benzene rings is 3. The van der Waals surface area contributed by atoms with Crippen LogP contribution in [0.2, 0.25) is 0 Å². The van der Waals surface area contributed by atoms with Gasteiger partial charge >= 0.3 is 340 Å². The van der Waals surface area contributed by atoms with Crippen LogP contribution in [0.15, 0.2) is 121 Å². The van der Waals surface area contributed by atoms with Crippen LogP contribution in [0, 0.1) is 11.8 Å². The summed E-state index contributed by atoms with van der Waals surface area (Å²) in [6.07, 6.45) is 18.0. The Bertz CT molecular complexity index is 2540. The van der Waals surface area contributed by atoms with Crippen molar-refractivity contribution in [3.05, 3.63) is 118 Å². The zero-order valence-corrected chi connectivity index (χ0v) is 35.0. The first-order valence-electron chi connectivity index (χ1n) is 21.2. The average molecular weight is 862 g/mol. The Labute approximate surface area is 338 Å². The maximum atomic E-state index is 7.96. The third kappa shape index (κ3) is 5.46. The van der Waals surface area contributed by atoms with E-state index in [0.29, 0.717) is 36.7 Å². The molecule has 3 aliphatic carbocycles. The van der Waals surface area contributed by atoms with E-state index in [9.17, 15) is 0 Å². The van der Waals surface area contributed by atoms with Gasteiger partial charge in [-0.3, -0.25) is 0 Å². The first-order chi connectivity index (χ1) is 28.2. The summed E-state index contributed by atoms with van der Waals surface area (Å²) in [5.74, 6) is 6.24. The van der Waals surface area contributed by atoms with Crippen LogP contribution in [-0.2, 0) is 6.15 Å². The van der Waals surface area contributed by atoms with E-state index < -0.39 is 19.8 Å². The zero-order valence-electron chi connectivity index (χ0n) is 32.2. The fourth-order valence-corrected chi connectivity index (χ4v) is 20.6. The SMILES string of the molecule is C1=CC2=C(CC1)C1=Nc3c4ccccc4c4[n]3[Sn]([O]CC3CCCCC3)([O]CC3CCCCC3)[N]3C(=NC2=N1)c1ccccc1C3NC1=NC(=N4)c2ccccc21. The third-order valence-corrected chi connectivity index (χ3v) is 22.3. The van der Waals surface area contributed by atoms with Gasteiger partial charge in [0.2, 0.25) is 0 Å². The first kappa shape index (κ1) is 34.4. The summed E-state index contributed by atoms with van der Waals surface area (Å²) in [5.41, 5.74) is 6.42. The summed E-state index contributed by atoms with van der Waals surface area (Å²) >= 11 is -5.21. The van der Waals surface area contributed by atoms with Crippen LogP contribution in [0.25, 0.3) is 10.8 Å². The number of amidine groups is 5. The maximum absolute atomic E-state index is 7.96. The second-order valence-electron chi connectivity index (χ2n) is 16.8. The van der Waals surface area contributed by atoms with Crippen LogP contribution in [0.3, 0.4) is 0 Å². The van der Waals surface area contributed by atoms with Crippen LogP contribution in [-0.4, -0.2) is 68.1 Å². The van der Waals surface area contributed by atoms with Crippen LogP contribution in [0.4, 0.5) is 11.6 Å². The van der Waals surface area contributed by atoms with Crippen LogP contribution < -0.4 is 5.32 Å². The van der Waals surface area contributed by atoms with Crippen molar-refractivity contribution in [2.24, 2.45) is 36.8 Å². The Morgan fingerprint density at radius 3 is 1.98 bits per heavy atom. The van der Waals surface area contributed by atoms with E-state index in [1.165, 1.54) is 38.5 Å². The van der Waals surface area contributed by atoms with E-state index in [1.807, 2.05) is 0 Å². The molecule has 12 rings (SSSR count). The number of fused-ring (bicyclic) bond motifs is 13. The molecule has 11 heteroatoms. The standard InChI is InChI=1S/C32H20N8.2C7H13O.Sn/c1-2-10-18-17(9-1)25-33-26(18)38-28-21-13-5-6-14-22(21)30(35-28)40-32-24-16-8-7-15-23(24)31(36-32)39-29-20-12-4-3-11-19(20)27(34-29)37-25;2*8-6-7-4-2-1-3-5-7;/h1-7,9-15,27H,8,16H2,(H-,33,34,36,37,38,39,40);2*7H,1-6H2;/q-2;2*-1;+4. The number of hydrogen-bond acceptors (Lipinski definition) is 9. The minimum atomic E-state index is -5.21. The van der Waals surface area contributed by atoms with Crippen molar-refractivity contribution < 1.29 is 6.15 Å². The summed E-state index contributed by atoms with van der Waals surface area (Å²) in [6.45, 7) is 1.24. The van der Waals surface area contributed by atoms with Gasteiger partial charge in [0.1, 0.15) is 0 Å². The number of hydrogen-bond donors (Lipinski definition) is 1. The Hall–Kier alpha value is -4.65. The number of nitrogens with zero attached hydrogens (tertiary/aromatic N) is 7. The molecule has 1 aromatic heterocycles. The zero-order chi connectivity index (χ0) is 37.5. The average Bonchev–Trinajstić information content (AvgIpc) is 3.98. The molecule has 5 aliphatic heterocycles. The van der Waals surface area contributed by atoms with Gasteiger partial charge in [0, 0.05) is 0 Å². The molecule has 0 spiro atoms. The predicted molar refractivity (Wildman–Crippen MR) is 228 cm³/mol. The molecule has 1 N–H and O–H groups in total. The van der Waals surface area contributed by atoms with Crippen molar-refractivity contribution >= 4 is 71.3 Å². The molecule has 2 saturated carbocycles. The molecular weight excluding hydrogens is 815 g/mol. The molecule has 3 aromatic carbocycles. The molecule has 1 unspecified atom stereocenters. The molecular formula is C46H46N8O2Sn. The van der Waals surface area contributed by atoms with Gasteiger partial charge in [0.25, 0.3) is 0 Å². The summed E-state index contributed by atoms with van der Waals surface area (Å²) in [5, 5.41) is 6.04. The van der Waals surface area contributed by atoms with Crippen molar-refractivity contribution in [1.82, 2.24) is 11.2 Å². The molecule has 57 heavy (non-hydrogen) atoms. The summed E-state index contributed by atoms with van der Waals surface area (Å²) in [4.78, 5) is 27.6. The molecule has 286 valence electrons. The van der Waals surface area contributed by atoms with Crippen molar-refractivity contribution in [2.75, 3.05) is 13.2 Å². The van der Waals surface area contributed by atoms with E-state index in [0.717, 1.165) is 112 Å². The molecule has 4 aromatic rings. The second kappa shape index (κ2) is 13.7. The van der Waals surface area contributed by atoms with Gasteiger partial charge in [-0.25, -0.2) is 0 Å². The topological polar surface area (TPSA) is 100 Å². The van der Waals surface area contributed by atoms with E-state index >= 15 is 0 Å². The Kier molecular flexibility index (Phi) is 8.29. The molecule has 0 saturated heterocycles. The van der Waals surface area contributed by atoms with Gasteiger partial charge in [-0.05, 0) is 0 Å². The number of nitrogens with one attached hydrogen (secondary N) is 1. The molecule has 0 radical (unpaired) electrons. The van der Waals surface area contributed by atoms with Gasteiger partial charge < -0.3 is 0 Å². The summed E-state index contributed by atoms with van der Waals surface area (Å²) in [7, 11) is 0. The fraction of sp³-hybridized carbons (Fsp3) is 0.370. The van der Waals surface area contributed by atoms with Crippen LogP contribution in [0.5, 0.6) is 0 Å².